The molecule has 2 amide bonds. The predicted molar refractivity (Wildman–Crippen MR) is 83.7 cm³/mol. The number of carbonyl (C=O) groups excluding carboxylic acids is 1. The zero-order chi connectivity index (χ0) is 16.2. The van der Waals surface area contributed by atoms with E-state index in [0.717, 1.165) is 22.4 Å². The summed E-state index contributed by atoms with van der Waals surface area (Å²) in [4.78, 5) is 23.3. The van der Waals surface area contributed by atoms with Crippen LogP contribution >= 0.6 is 0 Å². The molecular weight excluding hydrogens is 268 g/mol. The van der Waals surface area contributed by atoms with Gasteiger partial charge < -0.3 is 15.7 Å². The van der Waals surface area contributed by atoms with Crippen molar-refractivity contribution in [3.05, 3.63) is 28.8 Å². The Morgan fingerprint density at radius 2 is 1.71 bits per heavy atom. The molecule has 0 aliphatic rings. The van der Waals surface area contributed by atoms with Crippen LogP contribution in [0.25, 0.3) is 0 Å². The fraction of sp³-hybridized carbons (Fsp3) is 0.500. The lowest BCUT2D eigenvalue weighted by Gasteiger charge is -2.21. The summed E-state index contributed by atoms with van der Waals surface area (Å²) in [5.41, 5.74) is 3.77. The van der Waals surface area contributed by atoms with Gasteiger partial charge in [-0.3, -0.25) is 0 Å². The molecule has 0 bridgehead atoms. The van der Waals surface area contributed by atoms with Crippen molar-refractivity contribution in [2.45, 2.75) is 47.1 Å². The second kappa shape index (κ2) is 7.11. The van der Waals surface area contributed by atoms with Gasteiger partial charge >= 0.3 is 12.0 Å². The number of aliphatic carboxylic acids is 1. The molecule has 1 aromatic rings. The first-order valence-electron chi connectivity index (χ1n) is 7.14. The molecule has 0 radical (unpaired) electrons. The van der Waals surface area contributed by atoms with Crippen molar-refractivity contribution in [2.24, 2.45) is 5.92 Å². The number of amides is 2. The number of urea groups is 1. The van der Waals surface area contributed by atoms with Gasteiger partial charge in [-0.05, 0) is 37.8 Å². The van der Waals surface area contributed by atoms with E-state index in [0.29, 0.717) is 6.42 Å². The van der Waals surface area contributed by atoms with Crippen molar-refractivity contribution in [2.75, 3.05) is 5.32 Å². The highest BCUT2D eigenvalue weighted by molar-refractivity contribution is 5.93. The van der Waals surface area contributed by atoms with E-state index in [2.05, 4.69) is 10.6 Å². The van der Waals surface area contributed by atoms with Crippen molar-refractivity contribution in [1.29, 1.82) is 0 Å². The number of rotatable bonds is 5. The smallest absolute Gasteiger partial charge is 0.326 e. The van der Waals surface area contributed by atoms with Crippen LogP contribution in [0, 0.1) is 26.7 Å². The van der Waals surface area contributed by atoms with Gasteiger partial charge in [0.05, 0.1) is 0 Å². The van der Waals surface area contributed by atoms with E-state index in [1.165, 1.54) is 0 Å². The Morgan fingerprint density at radius 1 is 1.19 bits per heavy atom. The molecule has 5 heteroatoms. The molecule has 0 fully saturated rings. The van der Waals surface area contributed by atoms with Crippen molar-refractivity contribution in [3.8, 4) is 0 Å². The molecule has 0 saturated carbocycles. The van der Waals surface area contributed by atoms with Crippen LogP contribution in [0.15, 0.2) is 12.1 Å². The van der Waals surface area contributed by atoms with E-state index in [4.69, 9.17) is 0 Å². The molecule has 5 nitrogen and oxygen atoms in total. The zero-order valence-electron chi connectivity index (χ0n) is 13.3. The lowest BCUT2D eigenvalue weighted by Crippen LogP contribution is -2.46. The monoisotopic (exact) mass is 292 g/mol. The van der Waals surface area contributed by atoms with Crippen LogP contribution in [0.2, 0.25) is 0 Å². The fourth-order valence-corrected chi connectivity index (χ4v) is 2.35. The zero-order valence-corrected chi connectivity index (χ0v) is 13.3. The maximum Gasteiger partial charge on any atom is 0.326 e. The molecule has 0 aliphatic carbocycles. The molecule has 0 spiro atoms. The summed E-state index contributed by atoms with van der Waals surface area (Å²) < 4.78 is 0. The Morgan fingerprint density at radius 3 is 2.14 bits per heavy atom. The number of nitrogens with one attached hydrogen (secondary N) is 2. The van der Waals surface area contributed by atoms with Crippen molar-refractivity contribution >= 4 is 17.7 Å². The van der Waals surface area contributed by atoms with Crippen molar-refractivity contribution < 1.29 is 14.7 Å². The first kappa shape index (κ1) is 17.0. The highest BCUT2D eigenvalue weighted by Gasteiger charge is 2.25. The molecule has 0 aromatic heterocycles. The molecular formula is C16H24N2O3. The highest BCUT2D eigenvalue weighted by Crippen LogP contribution is 2.21. The summed E-state index contributed by atoms with van der Waals surface area (Å²) in [7, 11) is 0. The van der Waals surface area contributed by atoms with E-state index in [9.17, 15) is 14.7 Å². The summed E-state index contributed by atoms with van der Waals surface area (Å²) in [5, 5.41) is 14.5. The molecule has 1 rings (SSSR count). The largest absolute Gasteiger partial charge is 0.480 e. The summed E-state index contributed by atoms with van der Waals surface area (Å²) in [6.07, 6.45) is 0.680. The quantitative estimate of drug-likeness (QED) is 0.779. The predicted octanol–water partition coefficient (Wildman–Crippen LogP) is 3.23. The van der Waals surface area contributed by atoms with Gasteiger partial charge in [-0.25, -0.2) is 9.59 Å². The molecule has 0 aliphatic heterocycles. The van der Waals surface area contributed by atoms with E-state index in [1.54, 1.807) is 6.92 Å². The van der Waals surface area contributed by atoms with Gasteiger partial charge in [0.1, 0.15) is 6.04 Å². The molecule has 0 heterocycles. The van der Waals surface area contributed by atoms with Gasteiger partial charge in [0.2, 0.25) is 0 Å². The fourth-order valence-electron chi connectivity index (χ4n) is 2.35. The van der Waals surface area contributed by atoms with Crippen molar-refractivity contribution in [1.82, 2.24) is 5.32 Å². The Balaban J connectivity index is 2.84. The van der Waals surface area contributed by atoms with Crippen LogP contribution < -0.4 is 10.6 Å². The number of carboxylic acid groups (broad SMARTS) is 1. The maximum absolute atomic E-state index is 12.1. The van der Waals surface area contributed by atoms with Crippen LogP contribution in [-0.4, -0.2) is 23.1 Å². The van der Waals surface area contributed by atoms with Gasteiger partial charge in [0, 0.05) is 5.69 Å². The van der Waals surface area contributed by atoms with Gasteiger partial charge in [0.15, 0.2) is 0 Å². The Kier molecular flexibility index (Phi) is 5.76. The normalized spacial score (nSPS) is 13.4. The topological polar surface area (TPSA) is 78.4 Å². The molecule has 116 valence electrons. The number of benzene rings is 1. The summed E-state index contributed by atoms with van der Waals surface area (Å²) in [6.45, 7) is 9.53. The van der Waals surface area contributed by atoms with Crippen molar-refractivity contribution in [3.63, 3.8) is 0 Å². The minimum absolute atomic E-state index is 0.131. The Hall–Kier alpha value is -2.04. The van der Waals surface area contributed by atoms with Gasteiger partial charge in [-0.1, -0.05) is 38.0 Å². The second-order valence-corrected chi connectivity index (χ2v) is 5.57. The van der Waals surface area contributed by atoms with E-state index < -0.39 is 18.0 Å². The Bertz CT molecular complexity index is 517. The van der Waals surface area contributed by atoms with E-state index in [1.807, 2.05) is 39.8 Å². The van der Waals surface area contributed by atoms with E-state index >= 15 is 0 Å². The third-order valence-electron chi connectivity index (χ3n) is 3.68. The third-order valence-corrected chi connectivity index (χ3v) is 3.68. The summed E-state index contributed by atoms with van der Waals surface area (Å²) in [5.74, 6) is -1.15. The first-order chi connectivity index (χ1) is 9.76. The molecule has 3 N–H and O–H groups in total. The molecule has 0 saturated heterocycles. The average Bonchev–Trinajstić information content (AvgIpc) is 2.39. The SMILES string of the molecule is CCC(C)[C@H](NC(=O)Nc1c(C)cc(C)cc1C)C(=O)O. The number of anilines is 1. The van der Waals surface area contributed by atoms with E-state index in [-0.39, 0.29) is 5.92 Å². The van der Waals surface area contributed by atoms with Gasteiger partial charge in [-0.15, -0.1) is 0 Å². The van der Waals surface area contributed by atoms with Gasteiger partial charge in [0.25, 0.3) is 0 Å². The van der Waals surface area contributed by atoms with Crippen LogP contribution in [0.5, 0.6) is 0 Å². The Labute approximate surface area is 125 Å². The molecule has 1 unspecified atom stereocenters. The number of hydrogen-bond donors (Lipinski definition) is 3. The minimum Gasteiger partial charge on any atom is -0.480 e. The van der Waals surface area contributed by atoms with Crippen LogP contribution in [-0.2, 0) is 4.79 Å². The minimum atomic E-state index is -1.02. The number of hydrogen-bond acceptors (Lipinski definition) is 2. The molecule has 2 atom stereocenters. The van der Waals surface area contributed by atoms with Gasteiger partial charge in [-0.2, -0.15) is 0 Å². The standard InChI is InChI=1S/C16H24N2O3/c1-6-10(3)14(15(19)20)18-16(21)17-13-11(4)7-9(2)8-12(13)5/h7-8,10,14H,6H2,1-5H3,(H,19,20)(H2,17,18,21)/t10?,14-/m0/s1. The summed E-state index contributed by atoms with van der Waals surface area (Å²) >= 11 is 0. The third kappa shape index (κ3) is 4.48. The molecule has 21 heavy (non-hydrogen) atoms. The van der Waals surface area contributed by atoms with Crippen LogP contribution in [0.1, 0.15) is 37.0 Å². The van der Waals surface area contributed by atoms with Crippen LogP contribution in [0.3, 0.4) is 0 Å². The lowest BCUT2D eigenvalue weighted by molar-refractivity contribution is -0.140. The number of carboxylic acids is 1. The lowest BCUT2D eigenvalue weighted by atomic mass is 9.99. The summed E-state index contributed by atoms with van der Waals surface area (Å²) in [6, 6.07) is 2.58. The highest BCUT2D eigenvalue weighted by atomic mass is 16.4. The maximum atomic E-state index is 12.1. The molecule has 1 aromatic carbocycles. The second-order valence-electron chi connectivity index (χ2n) is 5.57. The first-order valence-corrected chi connectivity index (χ1v) is 7.14. The van der Waals surface area contributed by atoms with Crippen LogP contribution in [0.4, 0.5) is 10.5 Å². The average molecular weight is 292 g/mol. The number of carbonyl (C=O) groups is 2. The number of aryl methyl sites for hydroxylation is 3.